The summed E-state index contributed by atoms with van der Waals surface area (Å²) in [7, 11) is 4.68. The minimum atomic E-state index is -0.664. The van der Waals surface area contributed by atoms with Crippen LogP contribution in [-0.4, -0.2) is 40.0 Å². The van der Waals surface area contributed by atoms with Crippen LogP contribution in [0.15, 0.2) is 60.7 Å². The quantitative estimate of drug-likeness (QED) is 0.366. The van der Waals surface area contributed by atoms with Crippen molar-refractivity contribution in [3.8, 4) is 23.0 Å². The summed E-state index contributed by atoms with van der Waals surface area (Å²) >= 11 is 5.88. The molecule has 2 atom stereocenters. The highest BCUT2D eigenvalue weighted by Crippen LogP contribution is 2.35. The number of rotatable bonds is 9. The average molecular weight is 526 g/mol. The van der Waals surface area contributed by atoms with Gasteiger partial charge in [-0.15, -0.1) is 0 Å². The molecule has 194 valence electrons. The summed E-state index contributed by atoms with van der Waals surface area (Å²) < 4.78 is 27.0. The molecule has 3 aromatic rings. The van der Waals surface area contributed by atoms with Crippen molar-refractivity contribution in [1.29, 1.82) is 0 Å². The Morgan fingerprint density at radius 3 is 2.11 bits per heavy atom. The Labute approximate surface area is 220 Å². The Morgan fingerprint density at radius 2 is 1.46 bits per heavy atom. The van der Waals surface area contributed by atoms with Crippen molar-refractivity contribution in [2.75, 3.05) is 33.3 Å². The number of methoxy groups -OCH3 is 3. The predicted molar refractivity (Wildman–Crippen MR) is 139 cm³/mol. The molecule has 8 nitrogen and oxygen atoms in total. The monoisotopic (exact) mass is 525 g/mol. The fraction of sp³-hybridized carbons (Fsp3) is 0.286. The number of carbonyl (C=O) groups excluding carboxylic acids is 2. The summed E-state index contributed by atoms with van der Waals surface area (Å²) in [6.07, 6.45) is 0.451. The van der Waals surface area contributed by atoms with Gasteiger partial charge in [0.05, 0.1) is 33.9 Å². The number of benzene rings is 3. The van der Waals surface area contributed by atoms with Crippen molar-refractivity contribution in [2.45, 2.75) is 12.8 Å². The molecule has 0 aliphatic carbocycles. The number of carbonyl (C=O) groups is 2. The van der Waals surface area contributed by atoms with Gasteiger partial charge in [-0.25, -0.2) is 4.79 Å². The maximum atomic E-state index is 12.6. The first-order valence-electron chi connectivity index (χ1n) is 11.7. The molecule has 1 amide bonds. The second-order valence-corrected chi connectivity index (χ2v) is 9.04. The van der Waals surface area contributed by atoms with E-state index in [4.69, 9.17) is 35.3 Å². The standard InChI is InChI=1S/C28H28ClNO7/c1-33-23-10-4-17(14-25(23)34-2)12-19-16-36-27(31)22(19)13-18-5-11-24(26(15-18)35-3)37-28(32)30-21-8-6-20(29)7-9-21/h4-11,14-15,19,22H,12-13,16H2,1-3H3,(H,30,32)/t19-,22+/m0/s1. The van der Waals surface area contributed by atoms with Gasteiger partial charge in [-0.3, -0.25) is 10.1 Å². The number of cyclic esters (lactones) is 1. The smallest absolute Gasteiger partial charge is 0.417 e. The molecule has 0 spiro atoms. The molecule has 0 radical (unpaired) electrons. The number of anilines is 1. The Bertz CT molecular complexity index is 1260. The van der Waals surface area contributed by atoms with Crippen LogP contribution in [0, 0.1) is 11.8 Å². The largest absolute Gasteiger partial charge is 0.493 e. The maximum absolute atomic E-state index is 12.6. The highest BCUT2D eigenvalue weighted by Gasteiger charge is 2.37. The van der Waals surface area contributed by atoms with Crippen LogP contribution in [-0.2, 0) is 22.4 Å². The molecule has 0 unspecified atom stereocenters. The van der Waals surface area contributed by atoms with Gasteiger partial charge in [0.15, 0.2) is 23.0 Å². The number of halogens is 1. The molecule has 1 saturated heterocycles. The minimum Gasteiger partial charge on any atom is -0.493 e. The number of hydrogen-bond donors (Lipinski definition) is 1. The van der Waals surface area contributed by atoms with E-state index >= 15 is 0 Å². The third-order valence-corrected chi connectivity index (χ3v) is 6.49. The molecule has 1 N–H and O–H groups in total. The van der Waals surface area contributed by atoms with E-state index in [1.807, 2.05) is 24.3 Å². The van der Waals surface area contributed by atoms with Gasteiger partial charge < -0.3 is 23.7 Å². The lowest BCUT2D eigenvalue weighted by Crippen LogP contribution is -2.21. The molecule has 0 saturated carbocycles. The second-order valence-electron chi connectivity index (χ2n) is 8.60. The predicted octanol–water partition coefficient (Wildman–Crippen LogP) is 5.55. The molecular weight excluding hydrogens is 498 g/mol. The van der Waals surface area contributed by atoms with E-state index in [0.29, 0.717) is 47.4 Å². The van der Waals surface area contributed by atoms with Crippen LogP contribution in [0.4, 0.5) is 10.5 Å². The molecule has 37 heavy (non-hydrogen) atoms. The average Bonchev–Trinajstić information content (AvgIpc) is 3.24. The first-order chi connectivity index (χ1) is 17.9. The van der Waals surface area contributed by atoms with E-state index in [1.54, 1.807) is 50.6 Å². The van der Waals surface area contributed by atoms with Crippen molar-refractivity contribution in [3.63, 3.8) is 0 Å². The van der Waals surface area contributed by atoms with E-state index in [0.717, 1.165) is 11.1 Å². The van der Waals surface area contributed by atoms with Crippen LogP contribution in [0.1, 0.15) is 11.1 Å². The van der Waals surface area contributed by atoms with Crippen molar-refractivity contribution in [3.05, 3.63) is 76.8 Å². The van der Waals surface area contributed by atoms with Gasteiger partial charge in [0, 0.05) is 16.6 Å². The summed E-state index contributed by atoms with van der Waals surface area (Å²) in [6, 6.07) is 17.6. The summed E-state index contributed by atoms with van der Waals surface area (Å²) in [5.74, 6) is 1.38. The van der Waals surface area contributed by atoms with Gasteiger partial charge >= 0.3 is 12.1 Å². The summed E-state index contributed by atoms with van der Waals surface area (Å²) in [6.45, 7) is 0.348. The molecule has 3 aromatic carbocycles. The Kier molecular flexibility index (Phi) is 8.40. The van der Waals surface area contributed by atoms with Crippen LogP contribution in [0.5, 0.6) is 23.0 Å². The molecule has 1 aliphatic heterocycles. The van der Waals surface area contributed by atoms with E-state index in [-0.39, 0.29) is 23.6 Å². The lowest BCUT2D eigenvalue weighted by molar-refractivity contribution is -0.141. The second kappa shape index (κ2) is 11.9. The Morgan fingerprint density at radius 1 is 0.865 bits per heavy atom. The third kappa shape index (κ3) is 6.46. The fourth-order valence-corrected chi connectivity index (χ4v) is 4.45. The van der Waals surface area contributed by atoms with Gasteiger partial charge in [-0.05, 0) is 72.5 Å². The summed E-state index contributed by atoms with van der Waals surface area (Å²) in [5, 5.41) is 3.20. The number of hydrogen-bond acceptors (Lipinski definition) is 7. The molecule has 1 heterocycles. The summed E-state index contributed by atoms with van der Waals surface area (Å²) in [4.78, 5) is 24.9. The number of nitrogens with one attached hydrogen (secondary N) is 1. The van der Waals surface area contributed by atoms with Crippen LogP contribution >= 0.6 is 11.6 Å². The molecule has 0 bridgehead atoms. The molecule has 1 fully saturated rings. The van der Waals surface area contributed by atoms with Crippen LogP contribution in [0.3, 0.4) is 0 Å². The van der Waals surface area contributed by atoms with E-state index < -0.39 is 6.09 Å². The molecule has 0 aromatic heterocycles. The van der Waals surface area contributed by atoms with Crippen molar-refractivity contribution in [1.82, 2.24) is 0 Å². The topological polar surface area (TPSA) is 92.3 Å². The SMILES string of the molecule is COc1ccc(C[C@H]2COC(=O)[C@@H]2Cc2ccc(OC(=O)Nc3ccc(Cl)cc3)c(OC)c2)cc1OC. The molecular formula is C28H28ClNO7. The van der Waals surface area contributed by atoms with E-state index in [1.165, 1.54) is 7.11 Å². The third-order valence-electron chi connectivity index (χ3n) is 6.23. The van der Waals surface area contributed by atoms with Gasteiger partial charge in [-0.2, -0.15) is 0 Å². The molecule has 9 heteroatoms. The van der Waals surface area contributed by atoms with E-state index in [9.17, 15) is 9.59 Å². The number of amides is 1. The summed E-state index contributed by atoms with van der Waals surface area (Å²) in [5.41, 5.74) is 2.44. The molecule has 4 rings (SSSR count). The van der Waals surface area contributed by atoms with Gasteiger partial charge in [-0.1, -0.05) is 23.7 Å². The van der Waals surface area contributed by atoms with Gasteiger partial charge in [0.1, 0.15) is 0 Å². The van der Waals surface area contributed by atoms with Crippen LogP contribution < -0.4 is 24.3 Å². The van der Waals surface area contributed by atoms with Crippen LogP contribution in [0.25, 0.3) is 0 Å². The minimum absolute atomic E-state index is 0.00215. The van der Waals surface area contributed by atoms with Crippen molar-refractivity contribution in [2.24, 2.45) is 11.8 Å². The Balaban J connectivity index is 1.43. The highest BCUT2D eigenvalue weighted by atomic mass is 35.5. The van der Waals surface area contributed by atoms with Gasteiger partial charge in [0.2, 0.25) is 0 Å². The maximum Gasteiger partial charge on any atom is 0.417 e. The normalized spacial score (nSPS) is 16.6. The number of ether oxygens (including phenoxy) is 5. The Hall–Kier alpha value is -3.91. The zero-order valence-electron chi connectivity index (χ0n) is 20.8. The zero-order valence-corrected chi connectivity index (χ0v) is 21.5. The van der Waals surface area contributed by atoms with Crippen molar-refractivity contribution >= 4 is 29.4 Å². The first kappa shape index (κ1) is 26.2. The lowest BCUT2D eigenvalue weighted by atomic mass is 9.85. The fourth-order valence-electron chi connectivity index (χ4n) is 4.32. The van der Waals surface area contributed by atoms with E-state index in [2.05, 4.69) is 5.32 Å². The number of esters is 1. The molecule has 1 aliphatic rings. The van der Waals surface area contributed by atoms with Crippen molar-refractivity contribution < 1.29 is 33.3 Å². The van der Waals surface area contributed by atoms with Crippen LogP contribution in [0.2, 0.25) is 5.02 Å². The van der Waals surface area contributed by atoms with Gasteiger partial charge in [0.25, 0.3) is 0 Å². The zero-order chi connectivity index (χ0) is 26.4. The lowest BCUT2D eigenvalue weighted by Gasteiger charge is -2.17. The first-order valence-corrected chi connectivity index (χ1v) is 12.1. The highest BCUT2D eigenvalue weighted by molar-refractivity contribution is 6.30.